The highest BCUT2D eigenvalue weighted by atomic mass is 32.2. The molecule has 2 aliphatic carbocycles. The van der Waals surface area contributed by atoms with Crippen LogP contribution in [0.25, 0.3) is 0 Å². The van der Waals surface area contributed by atoms with Crippen molar-refractivity contribution in [1.82, 2.24) is 0 Å². The van der Waals surface area contributed by atoms with Crippen molar-refractivity contribution in [2.24, 2.45) is 0 Å². The summed E-state index contributed by atoms with van der Waals surface area (Å²) in [5.74, 6) is 1.09. The zero-order chi connectivity index (χ0) is 15.5. The number of methoxy groups -OCH3 is 1. The Morgan fingerprint density at radius 3 is 1.64 bits per heavy atom. The third-order valence-corrected chi connectivity index (χ3v) is 6.39. The van der Waals surface area contributed by atoms with Crippen LogP contribution in [0, 0.1) is 0 Å². The predicted octanol–water partition coefficient (Wildman–Crippen LogP) is 5.30. The first-order valence-corrected chi connectivity index (χ1v) is 10.1. The Balaban J connectivity index is 2.19. The lowest BCUT2D eigenvalue weighted by Gasteiger charge is -2.23. The van der Waals surface area contributed by atoms with E-state index in [4.69, 9.17) is 4.74 Å². The maximum Gasteiger partial charge on any atom is 0.127 e. The lowest BCUT2D eigenvalue weighted by Crippen LogP contribution is -2.05. The summed E-state index contributed by atoms with van der Waals surface area (Å²) in [4.78, 5) is 0. The number of benzene rings is 2. The first kappa shape index (κ1) is 15.8. The van der Waals surface area contributed by atoms with Gasteiger partial charge in [0.1, 0.15) is 5.75 Å². The smallest absolute Gasteiger partial charge is 0.127 e. The normalized spacial score (nSPS) is 20.5. The summed E-state index contributed by atoms with van der Waals surface area (Å²) in [5, 5.41) is 0.864. The van der Waals surface area contributed by atoms with Crippen LogP contribution in [0.5, 0.6) is 5.75 Å². The van der Waals surface area contributed by atoms with E-state index in [0.29, 0.717) is 10.5 Å². The van der Waals surface area contributed by atoms with Crippen molar-refractivity contribution >= 4 is 23.5 Å². The summed E-state index contributed by atoms with van der Waals surface area (Å²) in [6.07, 6.45) is 6.48. The van der Waals surface area contributed by atoms with Crippen molar-refractivity contribution in [2.45, 2.75) is 23.3 Å². The van der Waals surface area contributed by atoms with E-state index in [2.05, 4.69) is 55.0 Å². The largest absolute Gasteiger partial charge is 0.496 e. The number of fused-ring (bicyclic) bond motifs is 4. The molecule has 0 aliphatic heterocycles. The molecule has 22 heavy (non-hydrogen) atoms. The topological polar surface area (TPSA) is 9.23 Å². The Kier molecular flexibility index (Phi) is 5.04. The van der Waals surface area contributed by atoms with Crippen molar-refractivity contribution in [1.29, 1.82) is 0 Å². The summed E-state index contributed by atoms with van der Waals surface area (Å²) in [6.45, 7) is 0. The number of thioether (sulfide) groups is 2. The van der Waals surface area contributed by atoms with Crippen LogP contribution in [0.15, 0.2) is 42.5 Å². The van der Waals surface area contributed by atoms with Gasteiger partial charge in [0.2, 0.25) is 0 Å². The van der Waals surface area contributed by atoms with E-state index in [1.807, 2.05) is 30.6 Å². The highest BCUT2D eigenvalue weighted by Gasteiger charge is 2.23. The lowest BCUT2D eigenvalue weighted by molar-refractivity contribution is 0.403. The molecule has 3 heteroatoms. The molecule has 116 valence electrons. The molecule has 0 radical (unpaired) electrons. The zero-order valence-corrected chi connectivity index (χ0v) is 15.0. The highest BCUT2D eigenvalue weighted by molar-refractivity contribution is 7.99. The molecule has 0 amide bonds. The summed E-state index contributed by atoms with van der Waals surface area (Å²) in [7, 11) is 1.81. The fourth-order valence-electron chi connectivity index (χ4n) is 3.20. The molecule has 0 heterocycles. The van der Waals surface area contributed by atoms with E-state index in [1.54, 1.807) is 0 Å². The van der Waals surface area contributed by atoms with E-state index < -0.39 is 0 Å². The van der Waals surface area contributed by atoms with Crippen molar-refractivity contribution < 1.29 is 4.74 Å². The standard InChI is InChI=1S/C19H22OS2/c1-20-19-15-5-4-6-16(19)18(22-3)12-14-9-7-13(8-10-14)11-17(15)21-2/h4-10,17-18H,11-12H2,1-3H3. The highest BCUT2D eigenvalue weighted by Crippen LogP contribution is 2.44. The fraction of sp³-hybridized carbons (Fsp3) is 0.368. The van der Waals surface area contributed by atoms with Gasteiger partial charge in [-0.15, -0.1) is 0 Å². The summed E-state index contributed by atoms with van der Waals surface area (Å²) >= 11 is 3.81. The average Bonchev–Trinajstić information content (AvgIpc) is 2.59. The number of para-hydroxylation sites is 1. The fourth-order valence-corrected chi connectivity index (χ4v) is 4.79. The molecule has 0 saturated heterocycles. The second-order valence-electron chi connectivity index (χ2n) is 5.64. The number of hydrogen-bond donors (Lipinski definition) is 0. The van der Waals surface area contributed by atoms with Gasteiger partial charge in [-0.2, -0.15) is 23.5 Å². The van der Waals surface area contributed by atoms with Gasteiger partial charge < -0.3 is 4.74 Å². The maximum atomic E-state index is 5.86. The number of ether oxygens (including phenoxy) is 1. The van der Waals surface area contributed by atoms with Gasteiger partial charge in [0.25, 0.3) is 0 Å². The van der Waals surface area contributed by atoms with Gasteiger partial charge in [-0.05, 0) is 36.5 Å². The lowest BCUT2D eigenvalue weighted by atomic mass is 9.99. The third-order valence-electron chi connectivity index (χ3n) is 4.41. The van der Waals surface area contributed by atoms with Gasteiger partial charge in [-0.25, -0.2) is 0 Å². The quantitative estimate of drug-likeness (QED) is 0.755. The Bertz CT molecular complexity index is 585. The van der Waals surface area contributed by atoms with Crippen LogP contribution in [0.3, 0.4) is 0 Å². The van der Waals surface area contributed by atoms with Gasteiger partial charge in [-0.1, -0.05) is 42.5 Å². The third kappa shape index (κ3) is 3.02. The van der Waals surface area contributed by atoms with Crippen molar-refractivity contribution in [3.05, 3.63) is 64.7 Å². The molecule has 2 aromatic rings. The minimum absolute atomic E-state index is 0.432. The second kappa shape index (κ2) is 7.01. The van der Waals surface area contributed by atoms with Gasteiger partial charge >= 0.3 is 0 Å². The number of hydrogen-bond acceptors (Lipinski definition) is 3. The van der Waals surface area contributed by atoms with Crippen LogP contribution < -0.4 is 4.74 Å². The van der Waals surface area contributed by atoms with E-state index in [9.17, 15) is 0 Å². The molecule has 0 N–H and O–H groups in total. The van der Waals surface area contributed by atoms with Crippen LogP contribution >= 0.6 is 23.5 Å². The van der Waals surface area contributed by atoms with Gasteiger partial charge in [0.15, 0.2) is 0 Å². The zero-order valence-electron chi connectivity index (χ0n) is 13.3. The van der Waals surface area contributed by atoms with E-state index in [1.165, 1.54) is 22.3 Å². The monoisotopic (exact) mass is 330 g/mol. The molecule has 0 aromatic heterocycles. The molecule has 2 atom stereocenters. The van der Waals surface area contributed by atoms with E-state index >= 15 is 0 Å². The molecular weight excluding hydrogens is 308 g/mol. The molecule has 2 aromatic carbocycles. The molecule has 4 bridgehead atoms. The van der Waals surface area contributed by atoms with Gasteiger partial charge in [-0.3, -0.25) is 0 Å². The maximum absolute atomic E-state index is 5.86. The van der Waals surface area contributed by atoms with Crippen LogP contribution in [0.4, 0.5) is 0 Å². The number of rotatable bonds is 3. The van der Waals surface area contributed by atoms with Gasteiger partial charge in [0, 0.05) is 21.6 Å². The SMILES string of the molecule is COc1c2cccc1C(SC)Cc1ccc(cc1)CC2SC. The van der Waals surface area contributed by atoms with Crippen LogP contribution in [0.2, 0.25) is 0 Å². The summed E-state index contributed by atoms with van der Waals surface area (Å²) < 4.78 is 5.86. The molecule has 1 nitrogen and oxygen atoms in total. The van der Waals surface area contributed by atoms with Gasteiger partial charge in [0.05, 0.1) is 7.11 Å². The predicted molar refractivity (Wildman–Crippen MR) is 99.4 cm³/mol. The Labute approximate surface area is 141 Å². The summed E-state index contributed by atoms with van der Waals surface area (Å²) in [5.41, 5.74) is 5.46. The Morgan fingerprint density at radius 1 is 0.818 bits per heavy atom. The van der Waals surface area contributed by atoms with Crippen molar-refractivity contribution in [2.75, 3.05) is 19.6 Å². The van der Waals surface area contributed by atoms with E-state index in [-0.39, 0.29) is 0 Å². The van der Waals surface area contributed by atoms with E-state index in [0.717, 1.165) is 18.6 Å². The first-order chi connectivity index (χ1) is 10.8. The van der Waals surface area contributed by atoms with Crippen LogP contribution in [0.1, 0.15) is 32.8 Å². The van der Waals surface area contributed by atoms with Crippen LogP contribution in [-0.2, 0) is 12.8 Å². The van der Waals surface area contributed by atoms with Crippen LogP contribution in [-0.4, -0.2) is 19.6 Å². The first-order valence-electron chi connectivity index (χ1n) is 7.57. The molecule has 0 spiro atoms. The molecular formula is C19H22OS2. The molecule has 4 rings (SSSR count). The average molecular weight is 331 g/mol. The minimum Gasteiger partial charge on any atom is -0.496 e. The summed E-state index contributed by atoms with van der Waals surface area (Å²) in [6, 6.07) is 15.8. The van der Waals surface area contributed by atoms with Crippen molar-refractivity contribution in [3.63, 3.8) is 0 Å². The molecule has 0 fully saturated rings. The van der Waals surface area contributed by atoms with Crippen molar-refractivity contribution in [3.8, 4) is 5.75 Å². The molecule has 0 saturated carbocycles. The Morgan fingerprint density at radius 2 is 1.27 bits per heavy atom. The molecule has 2 unspecified atom stereocenters. The molecule has 2 aliphatic rings. The second-order valence-corrected chi connectivity index (χ2v) is 7.72. The minimum atomic E-state index is 0.432. The Hall–Kier alpha value is -1.06.